The van der Waals surface area contributed by atoms with E-state index in [0.717, 1.165) is 12.1 Å². The molecule has 5 nitrogen and oxygen atoms in total. The summed E-state index contributed by atoms with van der Waals surface area (Å²) in [6, 6.07) is 9.36. The molecule has 1 heterocycles. The number of ether oxygens (including phenoxy) is 1. The van der Waals surface area contributed by atoms with E-state index >= 15 is 0 Å². The van der Waals surface area contributed by atoms with E-state index < -0.39 is 0 Å². The molecule has 0 aliphatic heterocycles. The molecule has 5 heteroatoms. The van der Waals surface area contributed by atoms with E-state index in [-0.39, 0.29) is 0 Å². The summed E-state index contributed by atoms with van der Waals surface area (Å²) in [5.74, 6) is 1.23. The maximum absolute atomic E-state index is 8.95. The minimum Gasteiger partial charge on any atom is -0.491 e. The highest BCUT2D eigenvalue weighted by Gasteiger charge is 2.13. The molecule has 0 fully saturated rings. The van der Waals surface area contributed by atoms with Crippen LogP contribution in [0.3, 0.4) is 0 Å². The highest BCUT2D eigenvalue weighted by atomic mass is 16.5. The van der Waals surface area contributed by atoms with Gasteiger partial charge in [-0.1, -0.05) is 12.1 Å². The minimum atomic E-state index is 0.583. The Bertz CT molecular complexity index is 619. The fraction of sp³-hybridized carbons (Fsp3) is 0.214. The molecule has 1 N–H and O–H groups in total. The molecule has 0 radical (unpaired) electrons. The van der Waals surface area contributed by atoms with Crippen molar-refractivity contribution < 1.29 is 4.74 Å². The maximum Gasteiger partial charge on any atom is 0.187 e. The van der Waals surface area contributed by atoms with Crippen LogP contribution in [0.1, 0.15) is 12.5 Å². The zero-order valence-electron chi connectivity index (χ0n) is 10.8. The molecule has 1 aromatic heterocycles. The van der Waals surface area contributed by atoms with Crippen LogP contribution in [-0.4, -0.2) is 23.6 Å². The van der Waals surface area contributed by atoms with Gasteiger partial charge in [0.15, 0.2) is 11.6 Å². The third kappa shape index (κ3) is 2.63. The molecule has 0 atom stereocenters. The number of benzene rings is 1. The number of hydrogen-bond acceptors (Lipinski definition) is 5. The number of nitriles is 1. The van der Waals surface area contributed by atoms with Crippen molar-refractivity contribution in [3.8, 4) is 23.1 Å². The second-order valence-electron chi connectivity index (χ2n) is 3.83. The number of aromatic nitrogens is 2. The van der Waals surface area contributed by atoms with Crippen molar-refractivity contribution in [2.75, 3.05) is 19.0 Å². The third-order valence-corrected chi connectivity index (χ3v) is 2.62. The van der Waals surface area contributed by atoms with Crippen molar-refractivity contribution in [1.29, 1.82) is 5.26 Å². The van der Waals surface area contributed by atoms with Crippen LogP contribution in [0.5, 0.6) is 5.75 Å². The summed E-state index contributed by atoms with van der Waals surface area (Å²) in [7, 11) is 1.58. The second-order valence-corrected chi connectivity index (χ2v) is 3.83. The number of nitrogens with one attached hydrogen (secondary N) is 1. The molecule has 2 aromatic rings. The molecular weight excluding hydrogens is 240 g/mol. The van der Waals surface area contributed by atoms with Gasteiger partial charge in [-0.05, 0) is 19.1 Å². The summed E-state index contributed by atoms with van der Waals surface area (Å²) in [5, 5.41) is 12.1. The first-order valence-corrected chi connectivity index (χ1v) is 5.93. The zero-order chi connectivity index (χ0) is 13.7. The molecule has 0 bridgehead atoms. The molecule has 96 valence electrons. The monoisotopic (exact) mass is 254 g/mol. The van der Waals surface area contributed by atoms with Crippen LogP contribution in [0.4, 0.5) is 5.82 Å². The van der Waals surface area contributed by atoms with E-state index in [1.54, 1.807) is 19.2 Å². The van der Waals surface area contributed by atoms with Crippen molar-refractivity contribution in [2.24, 2.45) is 0 Å². The second kappa shape index (κ2) is 5.83. The van der Waals surface area contributed by atoms with Gasteiger partial charge in [-0.2, -0.15) is 5.26 Å². The zero-order valence-corrected chi connectivity index (χ0v) is 10.8. The van der Waals surface area contributed by atoms with E-state index in [4.69, 9.17) is 10.00 Å². The summed E-state index contributed by atoms with van der Waals surface area (Å²) < 4.78 is 5.39. The summed E-state index contributed by atoms with van der Waals surface area (Å²) in [6.45, 7) is 2.72. The Morgan fingerprint density at radius 3 is 2.89 bits per heavy atom. The lowest BCUT2D eigenvalue weighted by atomic mass is 10.1. The maximum atomic E-state index is 8.95. The summed E-state index contributed by atoms with van der Waals surface area (Å²) in [4.78, 5) is 8.41. The largest absolute Gasteiger partial charge is 0.491 e. The molecule has 2 rings (SSSR count). The number of anilines is 1. The van der Waals surface area contributed by atoms with E-state index in [2.05, 4.69) is 21.4 Å². The van der Waals surface area contributed by atoms with Gasteiger partial charge in [0.25, 0.3) is 0 Å². The first-order chi connectivity index (χ1) is 9.30. The van der Waals surface area contributed by atoms with Gasteiger partial charge in [0, 0.05) is 12.1 Å². The summed E-state index contributed by atoms with van der Waals surface area (Å²) >= 11 is 0. The number of rotatable bonds is 4. The number of nitrogens with zero attached hydrogens (tertiary/aromatic N) is 3. The van der Waals surface area contributed by atoms with Crippen LogP contribution >= 0.6 is 0 Å². The Morgan fingerprint density at radius 1 is 1.37 bits per heavy atom. The van der Waals surface area contributed by atoms with Gasteiger partial charge >= 0.3 is 0 Å². The van der Waals surface area contributed by atoms with Gasteiger partial charge in [0.05, 0.1) is 18.7 Å². The Morgan fingerprint density at radius 2 is 2.21 bits per heavy atom. The highest BCUT2D eigenvalue weighted by molar-refractivity contribution is 5.73. The fourth-order valence-electron chi connectivity index (χ4n) is 1.80. The molecule has 0 saturated heterocycles. The van der Waals surface area contributed by atoms with Crippen molar-refractivity contribution in [1.82, 2.24) is 9.97 Å². The highest BCUT2D eigenvalue weighted by Crippen LogP contribution is 2.32. The van der Waals surface area contributed by atoms with Gasteiger partial charge < -0.3 is 10.1 Å². The molecule has 0 unspecified atom stereocenters. The molecule has 0 saturated carbocycles. The van der Waals surface area contributed by atoms with E-state index in [1.807, 2.05) is 19.1 Å². The third-order valence-electron chi connectivity index (χ3n) is 2.62. The Labute approximate surface area is 111 Å². The smallest absolute Gasteiger partial charge is 0.187 e. The van der Waals surface area contributed by atoms with E-state index in [9.17, 15) is 0 Å². The van der Waals surface area contributed by atoms with Gasteiger partial charge in [0.2, 0.25) is 0 Å². The van der Waals surface area contributed by atoms with Crippen molar-refractivity contribution in [3.63, 3.8) is 0 Å². The lowest BCUT2D eigenvalue weighted by Crippen LogP contribution is -2.04. The average molecular weight is 254 g/mol. The van der Waals surface area contributed by atoms with Gasteiger partial charge in [0.1, 0.15) is 12.0 Å². The molecule has 0 aliphatic rings. The van der Waals surface area contributed by atoms with Crippen LogP contribution in [0.15, 0.2) is 30.6 Å². The van der Waals surface area contributed by atoms with E-state index in [1.165, 1.54) is 6.33 Å². The van der Waals surface area contributed by atoms with Crippen molar-refractivity contribution in [3.05, 3.63) is 36.2 Å². The minimum absolute atomic E-state index is 0.583. The number of hydrogen-bond donors (Lipinski definition) is 1. The van der Waals surface area contributed by atoms with Crippen LogP contribution in [-0.2, 0) is 0 Å². The summed E-state index contributed by atoms with van der Waals surface area (Å²) in [5.41, 5.74) is 2.09. The Balaban J connectivity index is 2.55. The summed E-state index contributed by atoms with van der Waals surface area (Å²) in [6.07, 6.45) is 1.48. The van der Waals surface area contributed by atoms with Crippen LogP contribution in [0.25, 0.3) is 11.3 Å². The van der Waals surface area contributed by atoms with Gasteiger partial charge in [-0.3, -0.25) is 0 Å². The first kappa shape index (κ1) is 12.8. The predicted molar refractivity (Wildman–Crippen MR) is 72.9 cm³/mol. The quantitative estimate of drug-likeness (QED) is 0.907. The molecular formula is C14H14N4O. The first-order valence-electron chi connectivity index (χ1n) is 5.93. The lowest BCUT2D eigenvalue weighted by molar-refractivity contribution is 0.414. The molecule has 0 spiro atoms. The lowest BCUT2D eigenvalue weighted by Gasteiger charge is -2.12. The number of methoxy groups -OCH3 is 1. The van der Waals surface area contributed by atoms with Crippen molar-refractivity contribution in [2.45, 2.75) is 6.92 Å². The Hall–Kier alpha value is -2.61. The van der Waals surface area contributed by atoms with E-state index in [0.29, 0.717) is 22.8 Å². The molecule has 0 aliphatic carbocycles. The Kier molecular flexibility index (Phi) is 3.94. The van der Waals surface area contributed by atoms with Gasteiger partial charge in [-0.15, -0.1) is 0 Å². The molecule has 0 amide bonds. The predicted octanol–water partition coefficient (Wildman–Crippen LogP) is 2.46. The molecule has 19 heavy (non-hydrogen) atoms. The van der Waals surface area contributed by atoms with Crippen LogP contribution in [0.2, 0.25) is 0 Å². The SMILES string of the molecule is CCNc1ncnc(-c2cccc(C#N)c2)c1OC. The average Bonchev–Trinajstić information content (AvgIpc) is 2.47. The standard InChI is InChI=1S/C14H14N4O/c1-3-16-14-13(19-2)12(17-9-18-14)11-6-4-5-10(7-11)8-15/h4-7,9H,3H2,1-2H3,(H,16,17,18). The van der Waals surface area contributed by atoms with Crippen LogP contribution < -0.4 is 10.1 Å². The van der Waals surface area contributed by atoms with Crippen LogP contribution in [0, 0.1) is 11.3 Å². The normalized spacial score (nSPS) is 9.74. The molecule has 1 aromatic carbocycles. The van der Waals surface area contributed by atoms with Gasteiger partial charge in [-0.25, -0.2) is 9.97 Å². The van der Waals surface area contributed by atoms with Crippen molar-refractivity contribution >= 4 is 5.82 Å². The topological polar surface area (TPSA) is 70.8 Å². The fourth-order valence-corrected chi connectivity index (χ4v) is 1.80.